The predicted molar refractivity (Wildman–Crippen MR) is 170 cm³/mol. The van der Waals surface area contributed by atoms with E-state index in [2.05, 4.69) is 4.74 Å². The van der Waals surface area contributed by atoms with Crippen molar-refractivity contribution in [3.05, 3.63) is 0 Å². The number of ether oxygens (including phenoxy) is 7. The number of hydrogen-bond acceptors (Lipinski definition) is 15. The molecule has 286 valence electrons. The number of rotatable bonds is 26. The van der Waals surface area contributed by atoms with Crippen LogP contribution in [0.5, 0.6) is 0 Å². The molecule has 0 radical (unpaired) electrons. The lowest BCUT2D eigenvalue weighted by molar-refractivity contribution is -0.156. The quantitative estimate of drug-likeness (QED) is 0.0432. The Balaban J connectivity index is 0. The molecule has 1 fully saturated rings. The van der Waals surface area contributed by atoms with Crippen LogP contribution in [0.15, 0.2) is 0 Å². The Morgan fingerprint density at radius 2 is 0.898 bits per heavy atom. The van der Waals surface area contributed by atoms with Crippen molar-refractivity contribution in [1.82, 2.24) is 0 Å². The van der Waals surface area contributed by atoms with Crippen LogP contribution < -0.4 is 0 Å². The van der Waals surface area contributed by atoms with E-state index in [-0.39, 0.29) is 77.2 Å². The molecule has 1 aliphatic rings. The van der Waals surface area contributed by atoms with Gasteiger partial charge in [0.05, 0.1) is 104 Å². The summed E-state index contributed by atoms with van der Waals surface area (Å²) in [7, 11) is 0. The maximum Gasteiger partial charge on any atom is 0.314 e. The number of carbonyl (C=O) groups excluding carboxylic acids is 4. The molecule has 0 aromatic heterocycles. The van der Waals surface area contributed by atoms with E-state index in [9.17, 15) is 28.8 Å². The molecule has 0 aliphatic carbocycles. The minimum absolute atomic E-state index is 0.167. The van der Waals surface area contributed by atoms with Gasteiger partial charge in [-0.3, -0.25) is 28.8 Å². The first kappa shape index (κ1) is 47.9. The third-order valence-corrected chi connectivity index (χ3v) is 6.27. The van der Waals surface area contributed by atoms with Crippen molar-refractivity contribution in [3.8, 4) is 0 Å². The lowest BCUT2D eigenvalue weighted by Gasteiger charge is -2.18. The molecule has 0 aromatic carbocycles. The van der Waals surface area contributed by atoms with Crippen molar-refractivity contribution in [2.75, 3.05) is 52.9 Å². The second kappa shape index (κ2) is 32.0. The Kier molecular flexibility index (Phi) is 31.3. The number of carboxylic acid groups (broad SMARTS) is 2. The number of hydrogen-bond donors (Lipinski definition) is 4. The largest absolute Gasteiger partial charge is 0.481 e. The fourth-order valence-corrected chi connectivity index (χ4v) is 3.15. The highest BCUT2D eigenvalue weighted by Crippen LogP contribution is 2.06. The van der Waals surface area contributed by atoms with Crippen LogP contribution in [-0.2, 0) is 61.9 Å². The molecule has 1 saturated heterocycles. The van der Waals surface area contributed by atoms with Crippen LogP contribution >= 0.6 is 0 Å². The van der Waals surface area contributed by atoms with Gasteiger partial charge in [0.15, 0.2) is 0 Å². The molecule has 1 rings (SSSR count). The molecule has 49 heavy (non-hydrogen) atoms. The highest BCUT2D eigenvalue weighted by atomic mass is 16.6. The van der Waals surface area contributed by atoms with Gasteiger partial charge in [0.1, 0.15) is 12.2 Å². The summed E-state index contributed by atoms with van der Waals surface area (Å²) in [4.78, 5) is 63.8. The zero-order chi connectivity index (χ0) is 37.5. The standard InChI is InChI=1S/C18H30O10.C10H22O4.C4H4O3/c1-3-13(27-17(23)7-5-15(19)20)11-25-9-10-26-12-14(4-2)28-18(24)8-6-16(21)22;1-3-9(11)7-13-5-6-14-8-10(12)4-2;5-3-1-2-4(6)7-3/h13-14H,3-12H2,1-2H3,(H,19,20)(H,21,22);9-12H,3-8H2,1-2H3;1-2H2. The van der Waals surface area contributed by atoms with Gasteiger partial charge in [0, 0.05) is 0 Å². The van der Waals surface area contributed by atoms with Gasteiger partial charge < -0.3 is 53.6 Å². The molecule has 1 heterocycles. The summed E-state index contributed by atoms with van der Waals surface area (Å²) in [5, 5.41) is 35.3. The zero-order valence-electron chi connectivity index (χ0n) is 29.1. The predicted octanol–water partition coefficient (Wildman–Crippen LogP) is 1.80. The fraction of sp³-hybridized carbons (Fsp3) is 0.812. The third-order valence-electron chi connectivity index (χ3n) is 6.27. The summed E-state index contributed by atoms with van der Waals surface area (Å²) in [6.45, 7) is 9.91. The Labute approximate surface area is 287 Å². The fourth-order valence-electron chi connectivity index (χ4n) is 3.15. The minimum atomic E-state index is -1.06. The summed E-state index contributed by atoms with van der Waals surface area (Å²) in [6.07, 6.45) is 0.410. The van der Waals surface area contributed by atoms with Crippen molar-refractivity contribution < 1.29 is 82.4 Å². The van der Waals surface area contributed by atoms with E-state index >= 15 is 0 Å². The number of aliphatic carboxylic acids is 2. The van der Waals surface area contributed by atoms with Gasteiger partial charge in [-0.1, -0.05) is 27.7 Å². The highest BCUT2D eigenvalue weighted by molar-refractivity contribution is 5.92. The van der Waals surface area contributed by atoms with Gasteiger partial charge in [0.2, 0.25) is 0 Å². The number of aliphatic hydroxyl groups is 2. The monoisotopic (exact) mass is 712 g/mol. The van der Waals surface area contributed by atoms with Crippen LogP contribution in [0.3, 0.4) is 0 Å². The number of carbonyl (C=O) groups is 6. The molecule has 0 aromatic rings. The van der Waals surface area contributed by atoms with Crippen molar-refractivity contribution >= 4 is 35.8 Å². The maximum atomic E-state index is 11.5. The van der Waals surface area contributed by atoms with Gasteiger partial charge in [0.25, 0.3) is 0 Å². The van der Waals surface area contributed by atoms with Gasteiger partial charge >= 0.3 is 35.8 Å². The Morgan fingerprint density at radius 3 is 1.14 bits per heavy atom. The van der Waals surface area contributed by atoms with Crippen LogP contribution in [-0.4, -0.2) is 134 Å². The average Bonchev–Trinajstić information content (AvgIpc) is 3.46. The van der Waals surface area contributed by atoms with E-state index in [1.54, 1.807) is 0 Å². The molecular weight excluding hydrogens is 656 g/mol. The summed E-state index contributed by atoms with van der Waals surface area (Å²) in [5.41, 5.74) is 0. The van der Waals surface area contributed by atoms with Crippen LogP contribution in [0.4, 0.5) is 0 Å². The molecule has 4 N–H and O–H groups in total. The molecule has 4 unspecified atom stereocenters. The SMILES string of the molecule is CCC(COCCOCC(CC)OC(=O)CCC(=O)O)OC(=O)CCC(=O)O.CCC(O)COCCOCC(O)CC.O=C1CCC(=O)O1. The van der Waals surface area contributed by atoms with Crippen LogP contribution in [0.25, 0.3) is 0 Å². The molecule has 17 heteroatoms. The number of aliphatic hydroxyl groups excluding tert-OH is 2. The molecule has 4 atom stereocenters. The smallest absolute Gasteiger partial charge is 0.314 e. The molecule has 0 saturated carbocycles. The molecule has 0 amide bonds. The highest BCUT2D eigenvalue weighted by Gasteiger charge is 2.19. The van der Waals surface area contributed by atoms with Crippen molar-refractivity contribution in [3.63, 3.8) is 0 Å². The molecule has 0 bridgehead atoms. The summed E-state index contributed by atoms with van der Waals surface area (Å²) in [6, 6.07) is 0. The van der Waals surface area contributed by atoms with Gasteiger partial charge in [-0.2, -0.15) is 0 Å². The zero-order valence-corrected chi connectivity index (χ0v) is 29.1. The molecule has 1 aliphatic heterocycles. The Morgan fingerprint density at radius 1 is 0.571 bits per heavy atom. The van der Waals surface area contributed by atoms with Gasteiger partial charge in [-0.25, -0.2) is 0 Å². The average molecular weight is 713 g/mol. The van der Waals surface area contributed by atoms with Gasteiger partial charge in [-0.05, 0) is 25.7 Å². The number of cyclic esters (lactones) is 2. The van der Waals surface area contributed by atoms with Gasteiger partial charge in [-0.15, -0.1) is 0 Å². The molecule has 0 spiro atoms. The third kappa shape index (κ3) is 33.1. The maximum absolute atomic E-state index is 11.5. The first-order valence-corrected chi connectivity index (χ1v) is 16.5. The van der Waals surface area contributed by atoms with E-state index in [4.69, 9.17) is 48.8 Å². The number of carboxylic acids is 2. The van der Waals surface area contributed by atoms with Crippen molar-refractivity contribution in [2.24, 2.45) is 0 Å². The second-order valence-electron chi connectivity index (χ2n) is 10.6. The number of esters is 4. The Hall–Kier alpha value is -3.22. The summed E-state index contributed by atoms with van der Waals surface area (Å²) >= 11 is 0. The van der Waals surface area contributed by atoms with Crippen molar-refractivity contribution in [1.29, 1.82) is 0 Å². The van der Waals surface area contributed by atoms with Crippen LogP contribution in [0.2, 0.25) is 0 Å². The van der Waals surface area contributed by atoms with E-state index in [1.165, 1.54) is 0 Å². The molecular formula is C32H56O17. The lowest BCUT2D eigenvalue weighted by atomic mass is 10.3. The minimum Gasteiger partial charge on any atom is -0.481 e. The van der Waals surface area contributed by atoms with Crippen LogP contribution in [0.1, 0.15) is 91.9 Å². The molecule has 17 nitrogen and oxygen atoms in total. The Bertz CT molecular complexity index is 853. The van der Waals surface area contributed by atoms with Crippen LogP contribution in [0, 0.1) is 0 Å². The topological polar surface area (TPSA) is 248 Å². The second-order valence-corrected chi connectivity index (χ2v) is 10.6. The normalized spacial score (nSPS) is 14.6. The first-order valence-electron chi connectivity index (χ1n) is 16.5. The summed E-state index contributed by atoms with van der Waals surface area (Å²) < 4.78 is 35.4. The van der Waals surface area contributed by atoms with E-state index in [1.807, 2.05) is 27.7 Å². The van der Waals surface area contributed by atoms with E-state index in [0.29, 0.717) is 52.1 Å². The first-order chi connectivity index (χ1) is 23.3. The van der Waals surface area contributed by atoms with E-state index in [0.717, 1.165) is 0 Å². The summed E-state index contributed by atoms with van der Waals surface area (Å²) in [5.74, 6) is -4.07. The van der Waals surface area contributed by atoms with E-state index < -0.39 is 48.0 Å². The lowest BCUT2D eigenvalue weighted by Crippen LogP contribution is -2.26. The van der Waals surface area contributed by atoms with Crippen molar-refractivity contribution in [2.45, 2.75) is 116 Å².